The highest BCUT2D eigenvalue weighted by molar-refractivity contribution is 14.1. The quantitative estimate of drug-likeness (QED) is 0.267. The Bertz CT molecular complexity index is 883. The van der Waals surface area contributed by atoms with Crippen LogP contribution in [0.2, 0.25) is 10.0 Å². The molecule has 24 heavy (non-hydrogen) atoms. The van der Waals surface area contributed by atoms with Crippen LogP contribution < -0.4 is 0 Å². The summed E-state index contributed by atoms with van der Waals surface area (Å²) in [6, 6.07) is 6.83. The van der Waals surface area contributed by atoms with Crippen molar-refractivity contribution in [2.45, 2.75) is 13.0 Å². The summed E-state index contributed by atoms with van der Waals surface area (Å²) >= 11 is 15.4. The van der Waals surface area contributed by atoms with Crippen molar-refractivity contribution in [3.8, 4) is 10.8 Å². The molecule has 2 heterocycles. The van der Waals surface area contributed by atoms with Crippen molar-refractivity contribution in [1.29, 1.82) is 0 Å². The summed E-state index contributed by atoms with van der Waals surface area (Å²) in [6.45, 7) is 1.66. The standard InChI is InChI=1S/C15H9Cl2IN2O3S/c1-7(13-19-20-14(23-13)11-3-2-4-24-11)22-15(21)9-5-8(16)6-10(17)12(9)18/h2-7H,1H3. The fraction of sp³-hybridized carbons (Fsp3) is 0.133. The number of hydrogen-bond donors (Lipinski definition) is 0. The Labute approximate surface area is 165 Å². The van der Waals surface area contributed by atoms with E-state index in [-0.39, 0.29) is 11.5 Å². The number of halogens is 3. The zero-order valence-electron chi connectivity index (χ0n) is 12.1. The van der Waals surface area contributed by atoms with Crippen LogP contribution in [0, 0.1) is 3.57 Å². The third-order valence-electron chi connectivity index (χ3n) is 3.02. The Morgan fingerprint density at radius 2 is 2.17 bits per heavy atom. The maximum Gasteiger partial charge on any atom is 0.340 e. The van der Waals surface area contributed by atoms with E-state index in [1.165, 1.54) is 17.4 Å². The van der Waals surface area contributed by atoms with Crippen molar-refractivity contribution < 1.29 is 13.9 Å². The van der Waals surface area contributed by atoms with E-state index in [1.54, 1.807) is 13.0 Å². The molecule has 3 rings (SSSR count). The lowest BCUT2D eigenvalue weighted by molar-refractivity contribution is 0.0278. The van der Waals surface area contributed by atoms with Gasteiger partial charge in [0.15, 0.2) is 6.10 Å². The molecule has 9 heteroatoms. The molecular weight excluding hydrogens is 486 g/mol. The van der Waals surface area contributed by atoms with Gasteiger partial charge in [0, 0.05) is 8.59 Å². The molecule has 1 aromatic carbocycles. The van der Waals surface area contributed by atoms with Crippen molar-refractivity contribution in [3.05, 3.63) is 54.7 Å². The Kier molecular flexibility index (Phi) is 5.43. The lowest BCUT2D eigenvalue weighted by Gasteiger charge is -2.11. The molecule has 0 radical (unpaired) electrons. The summed E-state index contributed by atoms with van der Waals surface area (Å²) in [5, 5.41) is 10.6. The van der Waals surface area contributed by atoms with E-state index in [2.05, 4.69) is 10.2 Å². The summed E-state index contributed by atoms with van der Waals surface area (Å²) < 4.78 is 11.5. The zero-order valence-corrected chi connectivity index (χ0v) is 16.6. The molecule has 0 aliphatic rings. The SMILES string of the molecule is CC(OC(=O)c1cc(Cl)cc(Cl)c1I)c1nnc(-c2cccs2)o1. The smallest absolute Gasteiger partial charge is 0.340 e. The molecule has 0 aliphatic heterocycles. The summed E-state index contributed by atoms with van der Waals surface area (Å²) in [6.07, 6.45) is -0.702. The minimum Gasteiger partial charge on any atom is -0.449 e. The van der Waals surface area contributed by atoms with Gasteiger partial charge in [-0.05, 0) is 53.1 Å². The van der Waals surface area contributed by atoms with Gasteiger partial charge in [0.05, 0.1) is 15.5 Å². The highest BCUT2D eigenvalue weighted by Gasteiger charge is 2.22. The van der Waals surface area contributed by atoms with E-state index >= 15 is 0 Å². The predicted octanol–water partition coefficient (Wildman–Crippen LogP) is 5.63. The van der Waals surface area contributed by atoms with Gasteiger partial charge in [0.2, 0.25) is 0 Å². The monoisotopic (exact) mass is 494 g/mol. The van der Waals surface area contributed by atoms with Crippen molar-refractivity contribution in [3.63, 3.8) is 0 Å². The number of benzene rings is 1. The van der Waals surface area contributed by atoms with Gasteiger partial charge < -0.3 is 9.15 Å². The maximum absolute atomic E-state index is 12.4. The van der Waals surface area contributed by atoms with Crippen LogP contribution in [0.3, 0.4) is 0 Å². The topological polar surface area (TPSA) is 65.2 Å². The lowest BCUT2D eigenvalue weighted by Crippen LogP contribution is -2.11. The number of esters is 1. The Morgan fingerprint density at radius 3 is 2.88 bits per heavy atom. The van der Waals surface area contributed by atoms with Crippen LogP contribution in [0.1, 0.15) is 29.3 Å². The largest absolute Gasteiger partial charge is 0.449 e. The first-order valence-corrected chi connectivity index (χ1v) is 9.40. The van der Waals surface area contributed by atoms with E-state index in [4.69, 9.17) is 32.4 Å². The number of hydrogen-bond acceptors (Lipinski definition) is 6. The van der Waals surface area contributed by atoms with Gasteiger partial charge in [-0.2, -0.15) is 0 Å². The van der Waals surface area contributed by atoms with Crippen molar-refractivity contribution in [2.75, 3.05) is 0 Å². The summed E-state index contributed by atoms with van der Waals surface area (Å²) in [5.41, 5.74) is 0.290. The molecule has 5 nitrogen and oxygen atoms in total. The van der Waals surface area contributed by atoms with E-state index in [1.807, 2.05) is 40.1 Å². The molecule has 0 saturated carbocycles. The summed E-state index contributed by atoms with van der Waals surface area (Å²) in [5.74, 6) is 0.0466. The van der Waals surface area contributed by atoms with Crippen LogP contribution in [0.5, 0.6) is 0 Å². The molecule has 2 aromatic heterocycles. The van der Waals surface area contributed by atoms with Gasteiger partial charge in [-0.15, -0.1) is 21.5 Å². The third kappa shape index (κ3) is 3.74. The number of carbonyl (C=O) groups excluding carboxylic acids is 1. The minimum atomic E-state index is -0.702. The van der Waals surface area contributed by atoms with Gasteiger partial charge in [0.1, 0.15) is 0 Å². The average molecular weight is 495 g/mol. The van der Waals surface area contributed by atoms with E-state index in [9.17, 15) is 4.79 Å². The van der Waals surface area contributed by atoms with E-state index in [0.29, 0.717) is 19.5 Å². The number of thiophene rings is 1. The van der Waals surface area contributed by atoms with Crippen LogP contribution in [0.25, 0.3) is 10.8 Å². The van der Waals surface area contributed by atoms with Crippen LogP contribution >= 0.6 is 57.1 Å². The summed E-state index contributed by atoms with van der Waals surface area (Å²) in [4.78, 5) is 13.2. The Hall–Kier alpha value is -1.16. The zero-order chi connectivity index (χ0) is 17.3. The number of aromatic nitrogens is 2. The maximum atomic E-state index is 12.4. The highest BCUT2D eigenvalue weighted by atomic mass is 127. The molecule has 1 atom stereocenters. The normalized spacial score (nSPS) is 12.2. The molecule has 0 spiro atoms. The van der Waals surface area contributed by atoms with E-state index < -0.39 is 12.1 Å². The minimum absolute atomic E-state index is 0.217. The molecule has 0 aliphatic carbocycles. The first-order valence-electron chi connectivity index (χ1n) is 6.68. The lowest BCUT2D eigenvalue weighted by atomic mass is 10.2. The number of carbonyl (C=O) groups is 1. The molecule has 0 saturated heterocycles. The molecule has 0 fully saturated rings. The Morgan fingerprint density at radius 1 is 1.38 bits per heavy atom. The molecule has 3 aromatic rings. The van der Waals surface area contributed by atoms with Crippen LogP contribution in [0.15, 0.2) is 34.1 Å². The molecule has 124 valence electrons. The van der Waals surface area contributed by atoms with Gasteiger partial charge in [0.25, 0.3) is 11.8 Å². The van der Waals surface area contributed by atoms with E-state index in [0.717, 1.165) is 4.88 Å². The molecular formula is C15H9Cl2IN2O3S. The first kappa shape index (κ1) is 17.7. The fourth-order valence-corrected chi connectivity index (χ4v) is 3.55. The predicted molar refractivity (Wildman–Crippen MR) is 101 cm³/mol. The van der Waals surface area contributed by atoms with Gasteiger partial charge >= 0.3 is 5.97 Å². The molecule has 0 N–H and O–H groups in total. The van der Waals surface area contributed by atoms with Crippen LogP contribution in [-0.2, 0) is 4.74 Å². The van der Waals surface area contributed by atoms with Crippen LogP contribution in [-0.4, -0.2) is 16.2 Å². The highest BCUT2D eigenvalue weighted by Crippen LogP contribution is 2.30. The molecule has 1 unspecified atom stereocenters. The summed E-state index contributed by atoms with van der Waals surface area (Å²) in [7, 11) is 0. The number of rotatable bonds is 4. The first-order chi connectivity index (χ1) is 11.5. The van der Waals surface area contributed by atoms with Gasteiger partial charge in [-0.25, -0.2) is 4.79 Å². The second-order valence-electron chi connectivity index (χ2n) is 4.72. The Balaban J connectivity index is 1.78. The second kappa shape index (κ2) is 7.38. The molecule has 0 amide bonds. The number of ether oxygens (including phenoxy) is 1. The van der Waals surface area contributed by atoms with Crippen molar-refractivity contribution in [2.24, 2.45) is 0 Å². The third-order valence-corrected chi connectivity index (χ3v) is 5.87. The van der Waals surface area contributed by atoms with Gasteiger partial charge in [-0.3, -0.25) is 0 Å². The van der Waals surface area contributed by atoms with Crippen LogP contribution in [0.4, 0.5) is 0 Å². The molecule has 0 bridgehead atoms. The van der Waals surface area contributed by atoms with Crippen molar-refractivity contribution in [1.82, 2.24) is 10.2 Å². The van der Waals surface area contributed by atoms with Crippen molar-refractivity contribution >= 4 is 63.1 Å². The number of nitrogens with zero attached hydrogens (tertiary/aromatic N) is 2. The average Bonchev–Trinajstić information content (AvgIpc) is 3.20. The fourth-order valence-electron chi connectivity index (χ4n) is 1.88. The second-order valence-corrected chi connectivity index (χ2v) is 7.59. The van der Waals surface area contributed by atoms with Gasteiger partial charge in [-0.1, -0.05) is 29.3 Å².